The smallest absolute Gasteiger partial charge is 0.312 e. The van der Waals surface area contributed by atoms with Gasteiger partial charge in [0, 0.05) is 6.04 Å². The van der Waals surface area contributed by atoms with E-state index in [9.17, 15) is 9.59 Å². The predicted molar refractivity (Wildman–Crippen MR) is 57.1 cm³/mol. The Bertz CT molecular complexity index is 243. The van der Waals surface area contributed by atoms with Crippen molar-refractivity contribution in [1.29, 1.82) is 0 Å². The zero-order chi connectivity index (χ0) is 11.3. The highest BCUT2D eigenvalue weighted by Crippen LogP contribution is 2.23. The molecule has 1 aliphatic rings. The highest BCUT2D eigenvalue weighted by molar-refractivity contribution is 5.83. The van der Waals surface area contributed by atoms with Gasteiger partial charge < -0.3 is 16.4 Å². The van der Waals surface area contributed by atoms with Gasteiger partial charge in [-0.15, -0.1) is 0 Å². The number of hydrogen-bond acceptors (Lipinski definition) is 2. The normalized spacial score (nSPS) is 25.7. The fraction of sp³-hybridized carbons (Fsp3) is 0.800. The van der Waals surface area contributed by atoms with Crippen LogP contribution in [0.5, 0.6) is 0 Å². The summed E-state index contributed by atoms with van der Waals surface area (Å²) in [4.78, 5) is 21.8. The van der Waals surface area contributed by atoms with Crippen LogP contribution in [0, 0.1) is 5.92 Å². The topological polar surface area (TPSA) is 84.2 Å². The molecule has 0 aliphatic heterocycles. The van der Waals surface area contributed by atoms with Crippen molar-refractivity contribution >= 4 is 11.9 Å². The van der Waals surface area contributed by atoms with Crippen LogP contribution in [-0.2, 0) is 4.79 Å². The van der Waals surface area contributed by atoms with Gasteiger partial charge in [-0.25, -0.2) is 4.79 Å². The van der Waals surface area contributed by atoms with Gasteiger partial charge in [0.25, 0.3) is 0 Å². The first-order chi connectivity index (χ1) is 7.09. The molecule has 5 nitrogen and oxygen atoms in total. The van der Waals surface area contributed by atoms with Gasteiger partial charge in [0.2, 0.25) is 5.91 Å². The average molecular weight is 213 g/mol. The molecule has 86 valence electrons. The summed E-state index contributed by atoms with van der Waals surface area (Å²) in [6.07, 6.45) is 4.60. The van der Waals surface area contributed by atoms with Crippen LogP contribution in [0.2, 0.25) is 0 Å². The van der Waals surface area contributed by atoms with Crippen molar-refractivity contribution in [3.05, 3.63) is 0 Å². The third-order valence-corrected chi connectivity index (χ3v) is 2.88. The van der Waals surface area contributed by atoms with E-state index < -0.39 is 6.03 Å². The first-order valence-electron chi connectivity index (χ1n) is 5.42. The van der Waals surface area contributed by atoms with Gasteiger partial charge >= 0.3 is 6.03 Å². The standard InChI is InChI=1S/C10H19N3O2/c1-7-4-2-3-5-8(7)13-9(14)6-12-10(11)15/h7-8H,2-6H2,1H3,(H,13,14)(H3,11,12,15). The molecule has 3 amide bonds. The quantitative estimate of drug-likeness (QED) is 0.632. The van der Waals surface area contributed by atoms with E-state index in [0.717, 1.165) is 12.8 Å². The first-order valence-corrected chi connectivity index (χ1v) is 5.42. The number of rotatable bonds is 3. The number of amides is 3. The molecule has 0 radical (unpaired) electrons. The minimum absolute atomic E-state index is 0.0292. The average Bonchev–Trinajstić information content (AvgIpc) is 2.18. The van der Waals surface area contributed by atoms with Crippen molar-refractivity contribution in [3.63, 3.8) is 0 Å². The zero-order valence-corrected chi connectivity index (χ0v) is 9.08. The van der Waals surface area contributed by atoms with Crippen molar-refractivity contribution in [2.75, 3.05) is 6.54 Å². The van der Waals surface area contributed by atoms with E-state index in [1.54, 1.807) is 0 Å². The summed E-state index contributed by atoms with van der Waals surface area (Å²) in [6, 6.07) is -0.414. The summed E-state index contributed by atoms with van der Waals surface area (Å²) < 4.78 is 0. The largest absolute Gasteiger partial charge is 0.352 e. The summed E-state index contributed by atoms with van der Waals surface area (Å²) in [6.45, 7) is 2.12. The zero-order valence-electron chi connectivity index (χ0n) is 9.08. The van der Waals surface area contributed by atoms with Crippen molar-refractivity contribution in [2.24, 2.45) is 11.7 Å². The van der Waals surface area contributed by atoms with Crippen LogP contribution < -0.4 is 16.4 Å². The molecule has 1 saturated carbocycles. The fourth-order valence-corrected chi connectivity index (χ4v) is 1.96. The van der Waals surface area contributed by atoms with Gasteiger partial charge in [0.1, 0.15) is 0 Å². The highest BCUT2D eigenvalue weighted by atomic mass is 16.2. The molecule has 1 aliphatic carbocycles. The second kappa shape index (κ2) is 5.58. The third kappa shape index (κ3) is 4.18. The molecule has 0 aromatic rings. The molecule has 5 heteroatoms. The van der Waals surface area contributed by atoms with Crippen LogP contribution in [0.3, 0.4) is 0 Å². The van der Waals surface area contributed by atoms with E-state index in [-0.39, 0.29) is 18.5 Å². The Morgan fingerprint density at radius 2 is 2.00 bits per heavy atom. The Labute approximate surface area is 89.8 Å². The molecule has 0 spiro atoms. The molecular formula is C10H19N3O2. The van der Waals surface area contributed by atoms with Crippen LogP contribution in [0.15, 0.2) is 0 Å². The van der Waals surface area contributed by atoms with Crippen LogP contribution in [0.1, 0.15) is 32.6 Å². The van der Waals surface area contributed by atoms with Gasteiger partial charge in [-0.05, 0) is 18.8 Å². The van der Waals surface area contributed by atoms with Gasteiger partial charge in [0.15, 0.2) is 0 Å². The van der Waals surface area contributed by atoms with Crippen molar-refractivity contribution in [2.45, 2.75) is 38.6 Å². The Hall–Kier alpha value is -1.26. The highest BCUT2D eigenvalue weighted by Gasteiger charge is 2.22. The summed E-state index contributed by atoms with van der Waals surface area (Å²) in [7, 11) is 0. The molecule has 4 N–H and O–H groups in total. The monoisotopic (exact) mass is 213 g/mol. The van der Waals surface area contributed by atoms with E-state index in [1.165, 1.54) is 12.8 Å². The number of primary amides is 1. The SMILES string of the molecule is CC1CCCCC1NC(=O)CNC(N)=O. The molecule has 0 heterocycles. The second-order valence-electron chi connectivity index (χ2n) is 4.15. The lowest BCUT2D eigenvalue weighted by Gasteiger charge is -2.29. The number of nitrogens with two attached hydrogens (primary N) is 1. The van der Waals surface area contributed by atoms with E-state index in [4.69, 9.17) is 5.73 Å². The van der Waals surface area contributed by atoms with Crippen molar-refractivity contribution in [3.8, 4) is 0 Å². The summed E-state index contributed by atoms with van der Waals surface area (Å²) in [5.74, 6) is 0.365. The first kappa shape index (κ1) is 11.8. The Kier molecular flexibility index (Phi) is 4.39. The Balaban J connectivity index is 2.26. The molecule has 1 rings (SSSR count). The summed E-state index contributed by atoms with van der Waals surface area (Å²) >= 11 is 0. The third-order valence-electron chi connectivity index (χ3n) is 2.88. The second-order valence-corrected chi connectivity index (χ2v) is 4.15. The molecule has 1 fully saturated rings. The van der Waals surface area contributed by atoms with Crippen molar-refractivity contribution in [1.82, 2.24) is 10.6 Å². The summed E-state index contributed by atoms with van der Waals surface area (Å²) in [5.41, 5.74) is 4.87. The molecular weight excluding hydrogens is 194 g/mol. The van der Waals surface area contributed by atoms with E-state index >= 15 is 0 Å². The van der Waals surface area contributed by atoms with Crippen LogP contribution in [0.25, 0.3) is 0 Å². The predicted octanol–water partition coefficient (Wildman–Crippen LogP) is 0.350. The maximum atomic E-state index is 11.4. The lowest BCUT2D eigenvalue weighted by molar-refractivity contribution is -0.121. The van der Waals surface area contributed by atoms with Crippen LogP contribution in [0.4, 0.5) is 4.79 Å². The van der Waals surface area contributed by atoms with Crippen molar-refractivity contribution < 1.29 is 9.59 Å². The van der Waals surface area contributed by atoms with Gasteiger partial charge in [-0.2, -0.15) is 0 Å². The minimum atomic E-state index is -0.665. The van der Waals surface area contributed by atoms with Crippen LogP contribution in [-0.4, -0.2) is 24.5 Å². The number of hydrogen-bond donors (Lipinski definition) is 3. The molecule has 0 aromatic heterocycles. The maximum absolute atomic E-state index is 11.4. The van der Waals surface area contributed by atoms with Gasteiger partial charge in [-0.3, -0.25) is 4.79 Å². The van der Waals surface area contributed by atoms with Gasteiger partial charge in [-0.1, -0.05) is 19.8 Å². The number of urea groups is 1. The van der Waals surface area contributed by atoms with E-state index in [0.29, 0.717) is 5.92 Å². The number of carbonyl (C=O) groups excluding carboxylic acids is 2. The summed E-state index contributed by atoms with van der Waals surface area (Å²) in [5, 5.41) is 5.19. The van der Waals surface area contributed by atoms with E-state index in [2.05, 4.69) is 17.6 Å². The molecule has 2 atom stereocenters. The molecule has 0 aromatic carbocycles. The molecule has 0 saturated heterocycles. The molecule has 15 heavy (non-hydrogen) atoms. The minimum Gasteiger partial charge on any atom is -0.352 e. The Morgan fingerprint density at radius 3 is 2.60 bits per heavy atom. The lowest BCUT2D eigenvalue weighted by atomic mass is 9.86. The number of nitrogens with one attached hydrogen (secondary N) is 2. The van der Waals surface area contributed by atoms with Crippen LogP contribution >= 0.6 is 0 Å². The molecule has 2 unspecified atom stereocenters. The van der Waals surface area contributed by atoms with E-state index in [1.807, 2.05) is 0 Å². The molecule has 0 bridgehead atoms. The lowest BCUT2D eigenvalue weighted by Crippen LogP contribution is -2.46. The Morgan fingerprint density at radius 1 is 1.33 bits per heavy atom. The maximum Gasteiger partial charge on any atom is 0.312 e. The van der Waals surface area contributed by atoms with Gasteiger partial charge in [0.05, 0.1) is 6.54 Å². The number of carbonyl (C=O) groups is 2. The fourth-order valence-electron chi connectivity index (χ4n) is 1.96.